The molecule has 2 aromatic heterocycles. The number of hydrogen-bond donors (Lipinski definition) is 0. The Morgan fingerprint density at radius 2 is 1.58 bits per heavy atom. The fourth-order valence-corrected chi connectivity index (χ4v) is 7.10. The number of benzene rings is 2. The molecule has 2 aromatic carbocycles. The van der Waals surface area contributed by atoms with Gasteiger partial charge in [-0.1, -0.05) is 45.0 Å². The molecule has 0 radical (unpaired) electrons. The van der Waals surface area contributed by atoms with Gasteiger partial charge in [0.2, 0.25) is 0 Å². The summed E-state index contributed by atoms with van der Waals surface area (Å²) in [5.41, 5.74) is 4.11. The first-order chi connectivity index (χ1) is 12.7. The molecule has 2 heterocycles. The lowest BCUT2D eigenvalue weighted by Gasteiger charge is -2.38. The van der Waals surface area contributed by atoms with E-state index >= 15 is 0 Å². The van der Waals surface area contributed by atoms with E-state index in [1.54, 1.807) is 0 Å². The van der Waals surface area contributed by atoms with Crippen molar-refractivity contribution in [3.05, 3.63) is 60.8 Å². The highest BCUT2D eigenvalue weighted by molar-refractivity contribution is 8.33. The molecule has 2 nitrogen and oxygen atoms in total. The van der Waals surface area contributed by atoms with Crippen LogP contribution in [-0.2, 0) is 0 Å². The molecule has 0 saturated heterocycles. The minimum Gasteiger partial charge on any atom is -0.456 e. The summed E-state index contributed by atoms with van der Waals surface area (Å²) in [4.78, 5) is 6.06. The Kier molecular flexibility index (Phi) is 4.49. The molecule has 0 atom stereocenters. The van der Waals surface area contributed by atoms with Gasteiger partial charge in [-0.05, 0) is 47.6 Å². The number of furan rings is 1. The molecule has 26 heavy (non-hydrogen) atoms. The van der Waals surface area contributed by atoms with E-state index in [9.17, 15) is 0 Å². The van der Waals surface area contributed by atoms with E-state index in [0.717, 1.165) is 22.4 Å². The second-order valence-corrected chi connectivity index (χ2v) is 10.8. The van der Waals surface area contributed by atoms with Crippen molar-refractivity contribution in [1.82, 2.24) is 4.98 Å². The van der Waals surface area contributed by atoms with Gasteiger partial charge in [-0.15, -0.1) is 0 Å². The molecule has 0 aliphatic rings. The van der Waals surface area contributed by atoms with Gasteiger partial charge in [0, 0.05) is 27.4 Å². The lowest BCUT2D eigenvalue weighted by molar-refractivity contribution is 0.668. The Labute approximate surface area is 156 Å². The van der Waals surface area contributed by atoms with Gasteiger partial charge in [-0.3, -0.25) is 4.98 Å². The summed E-state index contributed by atoms with van der Waals surface area (Å²) in [6, 6.07) is 19.0. The lowest BCUT2D eigenvalue weighted by Crippen LogP contribution is -2.10. The van der Waals surface area contributed by atoms with Crippen LogP contribution in [0.1, 0.15) is 20.8 Å². The van der Waals surface area contributed by atoms with E-state index in [-0.39, 0.29) is 0 Å². The quantitative estimate of drug-likeness (QED) is 0.386. The average Bonchev–Trinajstić information content (AvgIpc) is 3.09. The van der Waals surface area contributed by atoms with Gasteiger partial charge in [-0.25, -0.2) is 10.0 Å². The number of fused-ring (bicyclic) bond motifs is 3. The van der Waals surface area contributed by atoms with Crippen LogP contribution in [0.2, 0.25) is 0 Å². The zero-order valence-electron chi connectivity index (χ0n) is 15.7. The minimum absolute atomic E-state index is 0.895. The first-order valence-corrected chi connectivity index (χ1v) is 11.5. The molecule has 4 aromatic rings. The predicted molar refractivity (Wildman–Crippen MR) is 114 cm³/mol. The summed E-state index contributed by atoms with van der Waals surface area (Å²) in [7, 11) is -0.895. The molecule has 0 spiro atoms. The van der Waals surface area contributed by atoms with E-state index in [0.29, 0.717) is 0 Å². The van der Waals surface area contributed by atoms with Gasteiger partial charge >= 0.3 is 0 Å². The summed E-state index contributed by atoms with van der Waals surface area (Å²) in [5.74, 6) is 3.58. The molecule has 4 rings (SSSR count). The molecule has 0 fully saturated rings. The van der Waals surface area contributed by atoms with Crippen molar-refractivity contribution in [2.24, 2.45) is 0 Å². The van der Waals surface area contributed by atoms with Gasteiger partial charge in [0.15, 0.2) is 0 Å². The Bertz CT molecular complexity index is 1040. The Morgan fingerprint density at radius 1 is 0.846 bits per heavy atom. The van der Waals surface area contributed by atoms with Crippen LogP contribution in [0.25, 0.3) is 33.2 Å². The maximum absolute atomic E-state index is 6.27. The van der Waals surface area contributed by atoms with Crippen molar-refractivity contribution < 1.29 is 4.42 Å². The molecule has 0 N–H and O–H groups in total. The van der Waals surface area contributed by atoms with Crippen molar-refractivity contribution >= 4 is 32.0 Å². The first-order valence-electron chi connectivity index (χ1n) is 9.35. The van der Waals surface area contributed by atoms with Crippen LogP contribution in [0.5, 0.6) is 0 Å². The smallest absolute Gasteiger partial charge is 0.137 e. The summed E-state index contributed by atoms with van der Waals surface area (Å²) < 4.78 is 6.27. The zero-order chi connectivity index (χ0) is 18.1. The number of aromatic nitrogens is 1. The van der Waals surface area contributed by atoms with Crippen molar-refractivity contribution in [2.75, 3.05) is 17.3 Å². The van der Waals surface area contributed by atoms with Crippen molar-refractivity contribution in [3.8, 4) is 11.3 Å². The standard InChI is InChI=1S/C23H25NOS/c1-4-26(5-2,6-3)22-16-17(19-12-9-10-14-24-19)15-21-23(22)18-11-7-8-13-20(18)25-21/h7-16H,4-6H2,1-3H3. The van der Waals surface area contributed by atoms with Crippen LogP contribution in [0, 0.1) is 0 Å². The van der Waals surface area contributed by atoms with Gasteiger partial charge in [0.05, 0.1) is 5.69 Å². The molecular formula is C23H25NOS. The fourth-order valence-electron chi connectivity index (χ4n) is 3.92. The fraction of sp³-hybridized carbons (Fsp3) is 0.261. The third kappa shape index (κ3) is 2.62. The van der Waals surface area contributed by atoms with Crippen LogP contribution in [0.15, 0.2) is 70.1 Å². The number of rotatable bonds is 5. The molecule has 3 heteroatoms. The van der Waals surface area contributed by atoms with E-state index in [4.69, 9.17) is 4.42 Å². The van der Waals surface area contributed by atoms with E-state index in [2.05, 4.69) is 62.2 Å². The van der Waals surface area contributed by atoms with Crippen molar-refractivity contribution in [3.63, 3.8) is 0 Å². The molecule has 0 unspecified atom stereocenters. The molecule has 0 aliphatic heterocycles. The number of pyridine rings is 1. The van der Waals surface area contributed by atoms with E-state index in [1.807, 2.05) is 24.4 Å². The monoisotopic (exact) mass is 363 g/mol. The maximum Gasteiger partial charge on any atom is 0.137 e. The van der Waals surface area contributed by atoms with E-state index in [1.165, 1.54) is 32.9 Å². The van der Waals surface area contributed by atoms with Crippen LogP contribution < -0.4 is 0 Å². The highest BCUT2D eigenvalue weighted by Crippen LogP contribution is 2.59. The van der Waals surface area contributed by atoms with Crippen molar-refractivity contribution in [2.45, 2.75) is 25.7 Å². The van der Waals surface area contributed by atoms with Gasteiger partial charge in [-0.2, -0.15) is 0 Å². The third-order valence-electron chi connectivity index (χ3n) is 5.53. The Balaban J connectivity index is 2.12. The van der Waals surface area contributed by atoms with Crippen LogP contribution in [-0.4, -0.2) is 22.2 Å². The maximum atomic E-state index is 6.27. The van der Waals surface area contributed by atoms with Crippen LogP contribution in [0.4, 0.5) is 0 Å². The largest absolute Gasteiger partial charge is 0.456 e. The van der Waals surface area contributed by atoms with Crippen molar-refractivity contribution in [1.29, 1.82) is 0 Å². The molecular weight excluding hydrogens is 338 g/mol. The topological polar surface area (TPSA) is 26.0 Å². The summed E-state index contributed by atoms with van der Waals surface area (Å²) in [6.45, 7) is 7.01. The van der Waals surface area contributed by atoms with Gasteiger partial charge in [0.1, 0.15) is 11.2 Å². The zero-order valence-corrected chi connectivity index (χ0v) is 16.5. The molecule has 0 saturated carbocycles. The third-order valence-corrected chi connectivity index (χ3v) is 10.1. The summed E-state index contributed by atoms with van der Waals surface area (Å²) >= 11 is 0. The molecule has 0 aliphatic carbocycles. The number of hydrogen-bond acceptors (Lipinski definition) is 2. The van der Waals surface area contributed by atoms with Crippen LogP contribution >= 0.6 is 10.0 Å². The van der Waals surface area contributed by atoms with E-state index < -0.39 is 10.0 Å². The Morgan fingerprint density at radius 3 is 2.27 bits per heavy atom. The predicted octanol–water partition coefficient (Wildman–Crippen LogP) is 6.87. The second-order valence-electron chi connectivity index (χ2n) is 6.57. The summed E-state index contributed by atoms with van der Waals surface area (Å²) in [5, 5.41) is 2.54. The van der Waals surface area contributed by atoms with Gasteiger partial charge in [0.25, 0.3) is 0 Å². The summed E-state index contributed by atoms with van der Waals surface area (Å²) in [6.07, 6.45) is 1.86. The Hall–Kier alpha value is -2.26. The molecule has 0 amide bonds. The lowest BCUT2D eigenvalue weighted by atomic mass is 10.1. The SMILES string of the molecule is CCS(CC)(CC)c1cc(-c2ccccn2)cc2oc3ccccc3c12. The average molecular weight is 364 g/mol. The number of para-hydroxylation sites is 1. The molecule has 0 bridgehead atoms. The highest BCUT2D eigenvalue weighted by atomic mass is 32.3. The first kappa shape index (κ1) is 17.2. The highest BCUT2D eigenvalue weighted by Gasteiger charge is 2.26. The normalized spacial score (nSPS) is 12.7. The second kappa shape index (κ2) is 6.81. The number of nitrogens with zero attached hydrogens (tertiary/aromatic N) is 1. The minimum atomic E-state index is -0.895. The van der Waals surface area contributed by atoms with Crippen LogP contribution in [0.3, 0.4) is 0 Å². The molecule has 134 valence electrons. The van der Waals surface area contributed by atoms with Gasteiger partial charge < -0.3 is 4.42 Å².